The lowest BCUT2D eigenvalue weighted by molar-refractivity contribution is -0.393. The number of thiazole rings is 1. The summed E-state index contributed by atoms with van der Waals surface area (Å²) in [4.78, 5) is 16.0. The van der Waals surface area contributed by atoms with Gasteiger partial charge >= 0.3 is 5.82 Å². The Kier molecular flexibility index (Phi) is 3.77. The molecule has 0 unspecified atom stereocenters. The number of rotatable bonds is 4. The lowest BCUT2D eigenvalue weighted by atomic mass is 10.2. The molecule has 8 nitrogen and oxygen atoms in total. The molecule has 0 N–H and O–H groups in total. The molecular weight excluding hydrogens is 360 g/mol. The van der Waals surface area contributed by atoms with Crippen molar-refractivity contribution in [2.75, 3.05) is 0 Å². The van der Waals surface area contributed by atoms with Gasteiger partial charge in [0.25, 0.3) is 4.96 Å². The van der Waals surface area contributed by atoms with Gasteiger partial charge in [-0.3, -0.25) is 4.57 Å². The second-order valence-corrected chi connectivity index (χ2v) is 7.14. The number of imidazole rings is 1. The maximum absolute atomic E-state index is 11.5. The van der Waals surface area contributed by atoms with E-state index in [2.05, 4.69) is 15.2 Å². The number of nitro groups is 1. The van der Waals surface area contributed by atoms with Crippen molar-refractivity contribution in [2.24, 2.45) is 0 Å². The lowest BCUT2D eigenvalue weighted by Crippen LogP contribution is -2.01. The van der Waals surface area contributed by atoms with E-state index in [0.717, 1.165) is 23.0 Å². The highest BCUT2D eigenvalue weighted by atomic mass is 32.2. The molecule has 0 radical (unpaired) electrons. The Hall–Kier alpha value is -2.72. The molecule has 0 spiro atoms. The highest BCUT2D eigenvalue weighted by molar-refractivity contribution is 7.99. The second kappa shape index (κ2) is 5.97. The van der Waals surface area contributed by atoms with E-state index in [1.54, 1.807) is 11.6 Å². The summed E-state index contributed by atoms with van der Waals surface area (Å²) in [7, 11) is 0. The number of aryl methyl sites for hydroxylation is 2. The number of para-hydroxylation sites is 1. The van der Waals surface area contributed by atoms with E-state index in [1.807, 2.05) is 42.7 Å². The van der Waals surface area contributed by atoms with Crippen molar-refractivity contribution < 1.29 is 4.92 Å². The molecule has 4 aromatic rings. The smallest absolute Gasteiger partial charge is 0.358 e. The van der Waals surface area contributed by atoms with Gasteiger partial charge in [-0.2, -0.15) is 9.38 Å². The molecule has 0 saturated heterocycles. The molecule has 0 aliphatic heterocycles. The van der Waals surface area contributed by atoms with E-state index in [0.29, 0.717) is 21.0 Å². The molecule has 4 rings (SSSR count). The molecule has 10 heteroatoms. The molecular formula is C15H12N6O2S2. The van der Waals surface area contributed by atoms with Gasteiger partial charge in [0.1, 0.15) is 12.0 Å². The topological polar surface area (TPSA) is 91.2 Å². The van der Waals surface area contributed by atoms with Crippen molar-refractivity contribution in [3.05, 3.63) is 57.3 Å². The first-order valence-corrected chi connectivity index (χ1v) is 9.01. The summed E-state index contributed by atoms with van der Waals surface area (Å²) in [5.41, 5.74) is 2.00. The number of aromatic nitrogens is 5. The molecule has 3 heterocycles. The van der Waals surface area contributed by atoms with Gasteiger partial charge < -0.3 is 10.1 Å². The average molecular weight is 372 g/mol. The molecule has 0 atom stereocenters. The van der Waals surface area contributed by atoms with Crippen LogP contribution < -0.4 is 0 Å². The molecule has 0 saturated carbocycles. The third-order valence-corrected chi connectivity index (χ3v) is 5.39. The Balaban J connectivity index is 1.83. The fourth-order valence-electron chi connectivity index (χ4n) is 2.58. The predicted octanol–water partition coefficient (Wildman–Crippen LogP) is 3.65. The summed E-state index contributed by atoms with van der Waals surface area (Å²) in [6.45, 7) is 3.85. The quantitative estimate of drug-likeness (QED) is 0.401. The summed E-state index contributed by atoms with van der Waals surface area (Å²) in [6, 6.07) is 7.86. The van der Waals surface area contributed by atoms with Gasteiger partial charge in [0, 0.05) is 5.38 Å². The monoisotopic (exact) mass is 372 g/mol. The molecule has 1 aromatic carbocycles. The zero-order chi connectivity index (χ0) is 17.6. The molecule has 0 aliphatic carbocycles. The zero-order valence-corrected chi connectivity index (χ0v) is 14.9. The van der Waals surface area contributed by atoms with E-state index in [4.69, 9.17) is 0 Å². The van der Waals surface area contributed by atoms with Crippen molar-refractivity contribution >= 4 is 33.9 Å². The standard InChI is InChI=1S/C15H12N6O2S2/c1-9-5-3-4-6-11(9)20-10(2)17-18-15(20)25-12-13(21(22)23)19-7-8-24-14(19)16-12/h3-8H,1-2H3. The van der Waals surface area contributed by atoms with Crippen LogP contribution in [0, 0.1) is 24.0 Å². The van der Waals surface area contributed by atoms with Crippen LogP contribution in [0.15, 0.2) is 46.0 Å². The number of hydrogen-bond donors (Lipinski definition) is 0. The summed E-state index contributed by atoms with van der Waals surface area (Å²) >= 11 is 2.50. The SMILES string of the molecule is Cc1ccccc1-n1c(C)nnc1Sc1nc2sccn2c1[N+](=O)[O-]. The van der Waals surface area contributed by atoms with E-state index < -0.39 is 4.92 Å². The van der Waals surface area contributed by atoms with Gasteiger partial charge in [-0.05, 0) is 42.2 Å². The van der Waals surface area contributed by atoms with Crippen molar-refractivity contribution in [1.29, 1.82) is 0 Å². The van der Waals surface area contributed by atoms with Crippen molar-refractivity contribution in [2.45, 2.75) is 24.0 Å². The maximum atomic E-state index is 11.5. The summed E-state index contributed by atoms with van der Waals surface area (Å²) in [6.07, 6.45) is 1.65. The zero-order valence-electron chi connectivity index (χ0n) is 13.3. The van der Waals surface area contributed by atoms with E-state index >= 15 is 0 Å². The van der Waals surface area contributed by atoms with Gasteiger partial charge in [0.15, 0.2) is 0 Å². The van der Waals surface area contributed by atoms with Crippen molar-refractivity contribution in [3.8, 4) is 5.69 Å². The summed E-state index contributed by atoms with van der Waals surface area (Å²) < 4.78 is 3.37. The predicted molar refractivity (Wildman–Crippen MR) is 94.7 cm³/mol. The van der Waals surface area contributed by atoms with Crippen molar-refractivity contribution in [1.82, 2.24) is 24.1 Å². The third kappa shape index (κ3) is 2.59. The Morgan fingerprint density at radius 2 is 2.04 bits per heavy atom. The van der Waals surface area contributed by atoms with E-state index in [9.17, 15) is 10.1 Å². The number of fused-ring (bicyclic) bond motifs is 1. The first-order valence-electron chi connectivity index (χ1n) is 7.32. The Morgan fingerprint density at radius 3 is 2.80 bits per heavy atom. The minimum absolute atomic E-state index is 0.0572. The first kappa shape index (κ1) is 15.8. The van der Waals surface area contributed by atoms with Crippen LogP contribution in [0.3, 0.4) is 0 Å². The highest BCUT2D eigenvalue weighted by Gasteiger charge is 2.26. The van der Waals surface area contributed by atoms with Gasteiger partial charge in [-0.15, -0.1) is 10.2 Å². The van der Waals surface area contributed by atoms with Crippen LogP contribution in [0.2, 0.25) is 0 Å². The van der Waals surface area contributed by atoms with E-state index in [1.165, 1.54) is 15.7 Å². The van der Waals surface area contributed by atoms with Crippen LogP contribution in [0.4, 0.5) is 5.82 Å². The number of hydrogen-bond acceptors (Lipinski definition) is 7. The molecule has 0 bridgehead atoms. The van der Waals surface area contributed by atoms with Gasteiger partial charge in [0.05, 0.1) is 5.69 Å². The van der Waals surface area contributed by atoms with Gasteiger partial charge in [-0.1, -0.05) is 29.5 Å². The Morgan fingerprint density at radius 1 is 1.24 bits per heavy atom. The maximum Gasteiger partial charge on any atom is 0.363 e. The molecule has 0 amide bonds. The van der Waals surface area contributed by atoms with Crippen LogP contribution in [-0.2, 0) is 0 Å². The van der Waals surface area contributed by atoms with Gasteiger partial charge in [-0.25, -0.2) is 0 Å². The van der Waals surface area contributed by atoms with Crippen LogP contribution in [0.25, 0.3) is 10.6 Å². The first-order chi connectivity index (χ1) is 12.1. The summed E-state index contributed by atoms with van der Waals surface area (Å²) in [5, 5.41) is 22.4. The number of nitrogens with zero attached hydrogens (tertiary/aromatic N) is 6. The fourth-order valence-corrected chi connectivity index (χ4v) is 4.32. The van der Waals surface area contributed by atoms with Crippen LogP contribution in [0.1, 0.15) is 11.4 Å². The minimum atomic E-state index is -0.420. The van der Waals surface area contributed by atoms with Gasteiger partial charge in [0.2, 0.25) is 10.2 Å². The molecule has 0 fully saturated rings. The normalized spacial score (nSPS) is 11.3. The second-order valence-electron chi connectivity index (χ2n) is 5.31. The largest absolute Gasteiger partial charge is 0.363 e. The highest BCUT2D eigenvalue weighted by Crippen LogP contribution is 2.36. The average Bonchev–Trinajstić information content (AvgIpc) is 3.23. The molecule has 0 aliphatic rings. The minimum Gasteiger partial charge on any atom is -0.358 e. The van der Waals surface area contributed by atoms with Crippen LogP contribution in [-0.4, -0.2) is 29.1 Å². The van der Waals surface area contributed by atoms with E-state index in [-0.39, 0.29) is 5.82 Å². The molecule has 25 heavy (non-hydrogen) atoms. The Labute approximate surface area is 150 Å². The lowest BCUT2D eigenvalue weighted by Gasteiger charge is -2.10. The summed E-state index contributed by atoms with van der Waals surface area (Å²) in [5.74, 6) is 0.652. The Bertz CT molecular complexity index is 1100. The third-order valence-electron chi connectivity index (χ3n) is 3.72. The van der Waals surface area contributed by atoms with Crippen LogP contribution >= 0.6 is 23.1 Å². The van der Waals surface area contributed by atoms with Crippen LogP contribution in [0.5, 0.6) is 0 Å². The van der Waals surface area contributed by atoms with Crippen molar-refractivity contribution in [3.63, 3.8) is 0 Å². The number of benzene rings is 1. The molecule has 3 aromatic heterocycles. The fraction of sp³-hybridized carbons (Fsp3) is 0.133. The molecule has 126 valence electrons.